The van der Waals surface area contributed by atoms with Crippen molar-refractivity contribution in [3.8, 4) is 11.8 Å². The fraction of sp³-hybridized carbons (Fsp3) is 0.0455. The van der Waals surface area contributed by atoms with Gasteiger partial charge in [-0.1, -0.05) is 24.3 Å². The normalized spacial score (nSPS) is 10.3. The molecular weight excluding hydrogens is 338 g/mol. The summed E-state index contributed by atoms with van der Waals surface area (Å²) in [6, 6.07) is 21.9. The number of carbonyl (C=O) groups excluding carboxylic acids is 1. The van der Waals surface area contributed by atoms with Gasteiger partial charge in [0.1, 0.15) is 5.75 Å². The number of rotatable bonds is 6. The molecule has 0 saturated carbocycles. The van der Waals surface area contributed by atoms with Gasteiger partial charge in [0.2, 0.25) is 0 Å². The number of carbonyl (C=O) groups is 1. The molecule has 0 spiro atoms. The summed E-state index contributed by atoms with van der Waals surface area (Å²) in [7, 11) is 0. The molecule has 0 radical (unpaired) electrons. The molecule has 5 heteroatoms. The Balaban J connectivity index is 1.56. The number of amides is 1. The summed E-state index contributed by atoms with van der Waals surface area (Å²) in [5.41, 5.74) is 3.04. The van der Waals surface area contributed by atoms with Crippen LogP contribution in [0.4, 0.5) is 5.69 Å². The van der Waals surface area contributed by atoms with Crippen LogP contribution in [0.15, 0.2) is 72.9 Å². The minimum absolute atomic E-state index is 0.111. The molecule has 1 heterocycles. The molecule has 0 bridgehead atoms. The zero-order valence-electron chi connectivity index (χ0n) is 14.5. The van der Waals surface area contributed by atoms with Crippen LogP contribution in [0.1, 0.15) is 16.8 Å². The van der Waals surface area contributed by atoms with Crippen LogP contribution in [0.2, 0.25) is 0 Å². The lowest BCUT2D eigenvalue weighted by atomic mass is 10.1. The first kappa shape index (κ1) is 17.9. The Kier molecular flexibility index (Phi) is 5.95. The summed E-state index contributed by atoms with van der Waals surface area (Å²) in [5.74, 6) is 0.279. The first-order valence-electron chi connectivity index (χ1n) is 8.35. The number of benzene rings is 2. The second-order valence-electron chi connectivity index (χ2n) is 5.69. The van der Waals surface area contributed by atoms with Crippen LogP contribution < -0.4 is 10.1 Å². The fourth-order valence-electron chi connectivity index (χ4n) is 2.35. The number of aromatic nitrogens is 1. The molecule has 0 fully saturated rings. The van der Waals surface area contributed by atoms with Gasteiger partial charge in [-0.25, -0.2) is 0 Å². The smallest absolute Gasteiger partial charge is 0.262 e. The lowest BCUT2D eigenvalue weighted by molar-refractivity contribution is -0.118. The average Bonchev–Trinajstić information content (AvgIpc) is 2.72. The molecule has 27 heavy (non-hydrogen) atoms. The molecule has 132 valence electrons. The zero-order valence-corrected chi connectivity index (χ0v) is 14.5. The quantitative estimate of drug-likeness (QED) is 0.721. The van der Waals surface area contributed by atoms with E-state index in [2.05, 4.69) is 10.3 Å². The van der Waals surface area contributed by atoms with Gasteiger partial charge in [-0.2, -0.15) is 5.26 Å². The standard InChI is InChI=1S/C22H17N3O2/c23-15-18-8-11-21(12-9-18)27-16-22(26)25-20-6-3-4-17(14-20)7-10-19-5-1-2-13-24-19/h1-14H,16H2,(H,25,26). The van der Waals surface area contributed by atoms with Crippen molar-refractivity contribution in [1.29, 1.82) is 5.26 Å². The topological polar surface area (TPSA) is 75.0 Å². The molecule has 0 unspecified atom stereocenters. The van der Waals surface area contributed by atoms with E-state index in [1.165, 1.54) is 0 Å². The highest BCUT2D eigenvalue weighted by Gasteiger charge is 2.04. The van der Waals surface area contributed by atoms with E-state index in [1.54, 1.807) is 30.5 Å². The fourth-order valence-corrected chi connectivity index (χ4v) is 2.35. The van der Waals surface area contributed by atoms with Gasteiger partial charge in [-0.05, 0) is 60.2 Å². The van der Waals surface area contributed by atoms with Crippen molar-refractivity contribution in [2.75, 3.05) is 11.9 Å². The average molecular weight is 355 g/mol. The van der Waals surface area contributed by atoms with Crippen LogP contribution in [-0.2, 0) is 4.79 Å². The summed E-state index contributed by atoms with van der Waals surface area (Å²) in [6.45, 7) is -0.111. The van der Waals surface area contributed by atoms with Crippen molar-refractivity contribution in [3.05, 3.63) is 89.7 Å². The molecule has 0 saturated heterocycles. The maximum atomic E-state index is 12.1. The maximum absolute atomic E-state index is 12.1. The van der Waals surface area contributed by atoms with E-state index in [4.69, 9.17) is 10.00 Å². The van der Waals surface area contributed by atoms with Crippen molar-refractivity contribution in [1.82, 2.24) is 4.98 Å². The number of hydrogen-bond acceptors (Lipinski definition) is 4. The number of anilines is 1. The molecule has 0 aliphatic rings. The predicted molar refractivity (Wildman–Crippen MR) is 105 cm³/mol. The first-order valence-corrected chi connectivity index (χ1v) is 8.35. The van der Waals surface area contributed by atoms with Crippen LogP contribution in [0, 0.1) is 11.3 Å². The predicted octanol–water partition coefficient (Wildman–Crippen LogP) is 4.14. The number of nitrogens with one attached hydrogen (secondary N) is 1. The second-order valence-corrected chi connectivity index (χ2v) is 5.69. The molecule has 1 amide bonds. The van der Waals surface area contributed by atoms with E-state index in [1.807, 2.05) is 60.7 Å². The van der Waals surface area contributed by atoms with Crippen LogP contribution in [-0.4, -0.2) is 17.5 Å². The zero-order chi connectivity index (χ0) is 18.9. The van der Waals surface area contributed by atoms with Crippen molar-refractivity contribution >= 4 is 23.7 Å². The first-order chi connectivity index (χ1) is 13.2. The van der Waals surface area contributed by atoms with E-state index < -0.39 is 0 Å². The van der Waals surface area contributed by atoms with Crippen molar-refractivity contribution in [2.24, 2.45) is 0 Å². The lowest BCUT2D eigenvalue weighted by Crippen LogP contribution is -2.20. The minimum Gasteiger partial charge on any atom is -0.484 e. The molecule has 0 aliphatic carbocycles. The summed E-state index contributed by atoms with van der Waals surface area (Å²) in [6.07, 6.45) is 5.59. The van der Waals surface area contributed by atoms with Gasteiger partial charge in [0.05, 0.1) is 17.3 Å². The number of nitriles is 1. The van der Waals surface area contributed by atoms with E-state index in [0.717, 1.165) is 11.3 Å². The van der Waals surface area contributed by atoms with Crippen LogP contribution >= 0.6 is 0 Å². The van der Waals surface area contributed by atoms with Crippen LogP contribution in [0.3, 0.4) is 0 Å². The minimum atomic E-state index is -0.259. The number of pyridine rings is 1. The van der Waals surface area contributed by atoms with Gasteiger partial charge in [0.15, 0.2) is 6.61 Å². The summed E-state index contributed by atoms with van der Waals surface area (Å²) < 4.78 is 5.43. The highest BCUT2D eigenvalue weighted by molar-refractivity contribution is 5.92. The second kappa shape index (κ2) is 8.97. The lowest BCUT2D eigenvalue weighted by Gasteiger charge is -2.08. The monoisotopic (exact) mass is 355 g/mol. The molecule has 1 aromatic heterocycles. The van der Waals surface area contributed by atoms with Gasteiger partial charge < -0.3 is 10.1 Å². The SMILES string of the molecule is N#Cc1ccc(OCC(=O)Nc2cccc(C=Cc3ccccn3)c2)cc1. The van der Waals surface area contributed by atoms with Crippen molar-refractivity contribution in [2.45, 2.75) is 0 Å². The van der Waals surface area contributed by atoms with Gasteiger partial charge in [-0.15, -0.1) is 0 Å². The van der Waals surface area contributed by atoms with Crippen molar-refractivity contribution < 1.29 is 9.53 Å². The Labute approximate surface area is 157 Å². The number of hydrogen-bond donors (Lipinski definition) is 1. The molecule has 0 aliphatic heterocycles. The molecule has 3 rings (SSSR count). The Morgan fingerprint density at radius 1 is 1.07 bits per heavy atom. The molecule has 5 nitrogen and oxygen atoms in total. The molecular formula is C22H17N3O2. The summed E-state index contributed by atoms with van der Waals surface area (Å²) >= 11 is 0. The van der Waals surface area contributed by atoms with Gasteiger partial charge in [-0.3, -0.25) is 9.78 Å². The van der Waals surface area contributed by atoms with E-state index in [-0.39, 0.29) is 12.5 Å². The highest BCUT2D eigenvalue weighted by atomic mass is 16.5. The van der Waals surface area contributed by atoms with Crippen LogP contribution in [0.25, 0.3) is 12.2 Å². The van der Waals surface area contributed by atoms with E-state index >= 15 is 0 Å². The third-order valence-corrected chi connectivity index (χ3v) is 3.66. The summed E-state index contributed by atoms with van der Waals surface area (Å²) in [4.78, 5) is 16.3. The maximum Gasteiger partial charge on any atom is 0.262 e. The summed E-state index contributed by atoms with van der Waals surface area (Å²) in [5, 5.41) is 11.6. The third-order valence-electron chi connectivity index (χ3n) is 3.66. The Morgan fingerprint density at radius 3 is 2.67 bits per heavy atom. The van der Waals surface area contributed by atoms with Gasteiger partial charge in [0.25, 0.3) is 5.91 Å². The highest BCUT2D eigenvalue weighted by Crippen LogP contribution is 2.14. The number of ether oxygens (including phenoxy) is 1. The Hall–Kier alpha value is -3.91. The Morgan fingerprint density at radius 2 is 1.93 bits per heavy atom. The van der Waals surface area contributed by atoms with Gasteiger partial charge >= 0.3 is 0 Å². The van der Waals surface area contributed by atoms with Crippen molar-refractivity contribution in [3.63, 3.8) is 0 Å². The third kappa shape index (κ3) is 5.55. The van der Waals surface area contributed by atoms with Crippen LogP contribution in [0.5, 0.6) is 5.75 Å². The molecule has 0 atom stereocenters. The molecule has 2 aromatic carbocycles. The van der Waals surface area contributed by atoms with E-state index in [9.17, 15) is 4.79 Å². The molecule has 1 N–H and O–H groups in total. The van der Waals surface area contributed by atoms with E-state index in [0.29, 0.717) is 17.0 Å². The Bertz CT molecular complexity index is 974. The number of nitrogens with zero attached hydrogens (tertiary/aromatic N) is 2. The van der Waals surface area contributed by atoms with Gasteiger partial charge in [0, 0.05) is 11.9 Å². The largest absolute Gasteiger partial charge is 0.484 e. The molecule has 3 aromatic rings.